The SMILES string of the molecule is Cc1ccc(C2CC2C(=O)NCc2cn3ccccc3n2)s1. The molecule has 112 valence electrons. The summed E-state index contributed by atoms with van der Waals surface area (Å²) < 4.78 is 1.97. The molecular formula is C17H17N3OS. The van der Waals surface area contributed by atoms with E-state index in [9.17, 15) is 4.79 Å². The van der Waals surface area contributed by atoms with Gasteiger partial charge in [0.25, 0.3) is 0 Å². The Morgan fingerprint density at radius 3 is 3.09 bits per heavy atom. The number of hydrogen-bond acceptors (Lipinski definition) is 3. The number of pyridine rings is 1. The summed E-state index contributed by atoms with van der Waals surface area (Å²) in [6, 6.07) is 10.2. The van der Waals surface area contributed by atoms with Crippen LogP contribution in [0.4, 0.5) is 0 Å². The molecule has 2 atom stereocenters. The summed E-state index contributed by atoms with van der Waals surface area (Å²) in [5, 5.41) is 3.02. The molecule has 0 spiro atoms. The van der Waals surface area contributed by atoms with Crippen molar-refractivity contribution in [1.82, 2.24) is 14.7 Å². The number of nitrogens with zero attached hydrogens (tertiary/aromatic N) is 2. The third-order valence-corrected chi connectivity index (χ3v) is 5.24. The van der Waals surface area contributed by atoms with Crippen LogP contribution in [0.15, 0.2) is 42.7 Å². The van der Waals surface area contributed by atoms with Crippen molar-refractivity contribution in [3.63, 3.8) is 0 Å². The Bertz CT molecular complexity index is 802. The average molecular weight is 311 g/mol. The van der Waals surface area contributed by atoms with Crippen LogP contribution in [0.3, 0.4) is 0 Å². The first-order valence-electron chi connectivity index (χ1n) is 7.47. The molecule has 0 radical (unpaired) electrons. The molecule has 3 aromatic heterocycles. The molecular weight excluding hydrogens is 294 g/mol. The van der Waals surface area contributed by atoms with Gasteiger partial charge in [0.15, 0.2) is 0 Å². The minimum atomic E-state index is 0.134. The molecule has 1 saturated carbocycles. The van der Waals surface area contributed by atoms with Crippen LogP contribution in [-0.4, -0.2) is 15.3 Å². The van der Waals surface area contributed by atoms with Gasteiger partial charge in [-0.15, -0.1) is 11.3 Å². The van der Waals surface area contributed by atoms with Gasteiger partial charge in [-0.2, -0.15) is 0 Å². The molecule has 3 heterocycles. The minimum absolute atomic E-state index is 0.134. The van der Waals surface area contributed by atoms with Crippen LogP contribution in [0.25, 0.3) is 5.65 Å². The maximum Gasteiger partial charge on any atom is 0.224 e. The lowest BCUT2D eigenvalue weighted by atomic mass is 10.2. The lowest BCUT2D eigenvalue weighted by Crippen LogP contribution is -2.24. The van der Waals surface area contributed by atoms with Crippen molar-refractivity contribution in [2.75, 3.05) is 0 Å². The van der Waals surface area contributed by atoms with E-state index in [1.807, 2.05) is 35.0 Å². The number of hydrogen-bond donors (Lipinski definition) is 1. The lowest BCUT2D eigenvalue weighted by Gasteiger charge is -2.01. The summed E-state index contributed by atoms with van der Waals surface area (Å²) in [5.41, 5.74) is 1.80. The van der Waals surface area contributed by atoms with Crippen LogP contribution in [-0.2, 0) is 11.3 Å². The molecule has 0 bridgehead atoms. The van der Waals surface area contributed by atoms with E-state index < -0.39 is 0 Å². The first kappa shape index (κ1) is 13.5. The Kier molecular flexibility index (Phi) is 3.22. The van der Waals surface area contributed by atoms with Crippen molar-refractivity contribution >= 4 is 22.9 Å². The van der Waals surface area contributed by atoms with Crippen LogP contribution in [0.1, 0.15) is 27.8 Å². The number of imidazole rings is 1. The van der Waals surface area contributed by atoms with E-state index in [1.54, 1.807) is 11.3 Å². The number of rotatable bonds is 4. The van der Waals surface area contributed by atoms with Gasteiger partial charge in [0.1, 0.15) is 5.65 Å². The molecule has 1 aliphatic rings. The summed E-state index contributed by atoms with van der Waals surface area (Å²) in [6.45, 7) is 2.60. The first-order valence-corrected chi connectivity index (χ1v) is 8.29. The van der Waals surface area contributed by atoms with E-state index in [1.165, 1.54) is 9.75 Å². The van der Waals surface area contributed by atoms with Crippen LogP contribution in [0.2, 0.25) is 0 Å². The third kappa shape index (κ3) is 2.52. The van der Waals surface area contributed by atoms with E-state index in [4.69, 9.17) is 0 Å². The number of thiophene rings is 1. The largest absolute Gasteiger partial charge is 0.350 e. The van der Waals surface area contributed by atoms with Gasteiger partial charge in [-0.1, -0.05) is 6.07 Å². The summed E-state index contributed by atoms with van der Waals surface area (Å²) in [5.74, 6) is 0.697. The number of aryl methyl sites for hydroxylation is 1. The number of carbonyl (C=O) groups is 1. The first-order chi connectivity index (χ1) is 10.7. The predicted molar refractivity (Wildman–Crippen MR) is 86.9 cm³/mol. The van der Waals surface area contributed by atoms with Gasteiger partial charge in [-0.25, -0.2) is 4.98 Å². The zero-order chi connectivity index (χ0) is 15.1. The quantitative estimate of drug-likeness (QED) is 0.804. The predicted octanol–water partition coefficient (Wildman–Crippen LogP) is 3.12. The Morgan fingerprint density at radius 1 is 1.41 bits per heavy atom. The smallest absolute Gasteiger partial charge is 0.224 e. The molecule has 3 aromatic rings. The molecule has 1 aliphatic carbocycles. The van der Waals surface area contributed by atoms with Crippen LogP contribution in [0.5, 0.6) is 0 Å². The number of fused-ring (bicyclic) bond motifs is 1. The zero-order valence-electron chi connectivity index (χ0n) is 12.3. The molecule has 1 fully saturated rings. The van der Waals surface area contributed by atoms with Gasteiger partial charge in [-0.3, -0.25) is 4.79 Å². The molecule has 22 heavy (non-hydrogen) atoms. The fourth-order valence-corrected chi connectivity index (χ4v) is 3.89. The lowest BCUT2D eigenvalue weighted by molar-refractivity contribution is -0.122. The Labute approximate surface area is 132 Å². The maximum absolute atomic E-state index is 12.2. The Hall–Kier alpha value is -2.14. The zero-order valence-corrected chi connectivity index (χ0v) is 13.1. The molecule has 1 N–H and O–H groups in total. The van der Waals surface area contributed by atoms with Crippen LogP contribution < -0.4 is 5.32 Å². The molecule has 4 nitrogen and oxygen atoms in total. The van der Waals surface area contributed by atoms with Crippen molar-refractivity contribution < 1.29 is 4.79 Å². The molecule has 0 aromatic carbocycles. The Morgan fingerprint density at radius 2 is 2.32 bits per heavy atom. The van der Waals surface area contributed by atoms with Crippen LogP contribution >= 0.6 is 11.3 Å². The van der Waals surface area contributed by atoms with E-state index >= 15 is 0 Å². The summed E-state index contributed by atoms with van der Waals surface area (Å²) in [4.78, 5) is 19.4. The van der Waals surface area contributed by atoms with E-state index in [2.05, 4.69) is 29.4 Å². The van der Waals surface area contributed by atoms with E-state index in [0.29, 0.717) is 12.5 Å². The summed E-state index contributed by atoms with van der Waals surface area (Å²) >= 11 is 1.80. The van der Waals surface area contributed by atoms with Crippen molar-refractivity contribution in [2.45, 2.75) is 25.8 Å². The average Bonchev–Trinajstić information content (AvgIpc) is 3.02. The molecule has 4 rings (SSSR count). The van der Waals surface area contributed by atoms with E-state index in [-0.39, 0.29) is 11.8 Å². The van der Waals surface area contributed by atoms with Crippen molar-refractivity contribution in [3.05, 3.63) is 58.2 Å². The van der Waals surface area contributed by atoms with Gasteiger partial charge in [0.2, 0.25) is 5.91 Å². The highest BCUT2D eigenvalue weighted by Gasteiger charge is 2.44. The summed E-state index contributed by atoms with van der Waals surface area (Å²) in [7, 11) is 0. The van der Waals surface area contributed by atoms with Crippen molar-refractivity contribution in [3.8, 4) is 0 Å². The van der Waals surface area contributed by atoms with Crippen LogP contribution in [0, 0.1) is 12.8 Å². The highest BCUT2D eigenvalue weighted by molar-refractivity contribution is 7.12. The fraction of sp³-hybridized carbons (Fsp3) is 0.294. The van der Waals surface area contributed by atoms with Crippen molar-refractivity contribution in [2.24, 2.45) is 5.92 Å². The highest BCUT2D eigenvalue weighted by Crippen LogP contribution is 2.49. The number of aromatic nitrogens is 2. The summed E-state index contributed by atoms with van der Waals surface area (Å²) in [6.07, 6.45) is 4.89. The minimum Gasteiger partial charge on any atom is -0.350 e. The fourth-order valence-electron chi connectivity index (χ4n) is 2.83. The van der Waals surface area contributed by atoms with E-state index in [0.717, 1.165) is 17.8 Å². The molecule has 5 heteroatoms. The van der Waals surface area contributed by atoms with Gasteiger partial charge >= 0.3 is 0 Å². The maximum atomic E-state index is 12.2. The molecule has 0 saturated heterocycles. The topological polar surface area (TPSA) is 46.4 Å². The van der Waals surface area contributed by atoms with Gasteiger partial charge in [-0.05, 0) is 37.6 Å². The molecule has 2 unspecified atom stereocenters. The molecule has 1 amide bonds. The van der Waals surface area contributed by atoms with Gasteiger partial charge in [0.05, 0.1) is 12.2 Å². The molecule has 0 aliphatic heterocycles. The van der Waals surface area contributed by atoms with Crippen molar-refractivity contribution in [1.29, 1.82) is 0 Å². The second-order valence-corrected chi connectivity index (χ2v) is 7.13. The van der Waals surface area contributed by atoms with Gasteiger partial charge < -0.3 is 9.72 Å². The highest BCUT2D eigenvalue weighted by atomic mass is 32.1. The number of carbonyl (C=O) groups excluding carboxylic acids is 1. The second kappa shape index (κ2) is 5.25. The number of amides is 1. The number of nitrogens with one attached hydrogen (secondary N) is 1. The van der Waals surface area contributed by atoms with Gasteiger partial charge in [0, 0.05) is 34.0 Å². The standard InChI is InChI=1S/C17H17N3OS/c1-11-5-6-15(22-11)13-8-14(13)17(21)18-9-12-10-20-7-3-2-4-16(20)19-12/h2-7,10,13-14H,8-9H2,1H3,(H,18,21). The second-order valence-electron chi connectivity index (χ2n) is 5.81. The monoisotopic (exact) mass is 311 g/mol. The third-order valence-electron chi connectivity index (χ3n) is 4.11. The normalized spacial score (nSPS) is 20.2. The Balaban J connectivity index is 1.37.